The molecule has 0 radical (unpaired) electrons. The van der Waals surface area contributed by atoms with Gasteiger partial charge in [-0.25, -0.2) is 0 Å². The van der Waals surface area contributed by atoms with Gasteiger partial charge >= 0.3 is 0 Å². The molecule has 0 aliphatic rings. The van der Waals surface area contributed by atoms with E-state index in [1.54, 1.807) is 7.11 Å². The number of aromatic nitrogens is 2. The summed E-state index contributed by atoms with van der Waals surface area (Å²) in [6, 6.07) is 7.85. The Bertz CT molecular complexity index is 585. The number of methoxy groups -OCH3 is 1. The van der Waals surface area contributed by atoms with Crippen LogP contribution in [0.25, 0.3) is 0 Å². The molecule has 0 unspecified atom stereocenters. The predicted octanol–water partition coefficient (Wildman–Crippen LogP) is 3.73. The van der Waals surface area contributed by atoms with E-state index in [9.17, 15) is 0 Å². The van der Waals surface area contributed by atoms with Gasteiger partial charge in [0.15, 0.2) is 5.15 Å². The molecule has 0 saturated heterocycles. The smallest absolute Gasteiger partial charge is 0.242 e. The van der Waals surface area contributed by atoms with Gasteiger partial charge in [0.25, 0.3) is 0 Å². The van der Waals surface area contributed by atoms with Crippen LogP contribution in [0.5, 0.6) is 11.6 Å². The quantitative estimate of drug-likeness (QED) is 0.842. The Morgan fingerprint density at radius 1 is 1.05 bits per heavy atom. The fourth-order valence-corrected chi connectivity index (χ4v) is 1.89. The molecule has 2 aromatic rings. The molecule has 106 valence electrons. The Morgan fingerprint density at radius 2 is 1.75 bits per heavy atom. The zero-order valence-electron chi connectivity index (χ0n) is 11.8. The normalized spacial score (nSPS) is 10.6. The van der Waals surface area contributed by atoms with Gasteiger partial charge in [-0.3, -0.25) is 0 Å². The number of benzene rings is 1. The van der Waals surface area contributed by atoms with Gasteiger partial charge in [-0.2, -0.15) is 0 Å². The van der Waals surface area contributed by atoms with Gasteiger partial charge < -0.3 is 9.47 Å². The Labute approximate surface area is 123 Å². The predicted molar refractivity (Wildman–Crippen MR) is 78.6 cm³/mol. The Kier molecular flexibility index (Phi) is 4.93. The van der Waals surface area contributed by atoms with Crippen LogP contribution in [0.1, 0.15) is 16.7 Å². The van der Waals surface area contributed by atoms with Gasteiger partial charge in [-0.1, -0.05) is 23.7 Å². The number of hydrogen-bond donors (Lipinski definition) is 0. The summed E-state index contributed by atoms with van der Waals surface area (Å²) in [5, 5.41) is 8.26. The molecule has 0 aliphatic carbocycles. The molecule has 5 heteroatoms. The third kappa shape index (κ3) is 3.46. The van der Waals surface area contributed by atoms with Crippen LogP contribution in [0, 0.1) is 13.8 Å². The van der Waals surface area contributed by atoms with Crippen LogP contribution in [0.15, 0.2) is 24.3 Å². The molecule has 2 rings (SSSR count). The second-order valence-electron chi connectivity index (χ2n) is 4.53. The molecular weight excluding hydrogens is 276 g/mol. The van der Waals surface area contributed by atoms with E-state index in [4.69, 9.17) is 21.1 Å². The Hall–Kier alpha value is -1.65. The Morgan fingerprint density at radius 3 is 2.40 bits per heavy atom. The monoisotopic (exact) mass is 292 g/mol. The second-order valence-corrected chi connectivity index (χ2v) is 4.89. The first-order chi connectivity index (χ1) is 9.61. The molecular formula is C15H17ClN2O2. The first-order valence-corrected chi connectivity index (χ1v) is 6.74. The molecule has 20 heavy (non-hydrogen) atoms. The van der Waals surface area contributed by atoms with Crippen molar-refractivity contribution in [2.45, 2.75) is 20.3 Å². The highest BCUT2D eigenvalue weighted by Crippen LogP contribution is 2.27. The molecule has 0 N–H and O–H groups in total. The average molecular weight is 293 g/mol. The van der Waals surface area contributed by atoms with E-state index in [2.05, 4.69) is 10.2 Å². The van der Waals surface area contributed by atoms with Gasteiger partial charge in [-0.05, 0) is 43.5 Å². The topological polar surface area (TPSA) is 44.2 Å². The van der Waals surface area contributed by atoms with Crippen LogP contribution < -0.4 is 4.74 Å². The van der Waals surface area contributed by atoms with Crippen LogP contribution in [-0.4, -0.2) is 23.9 Å². The standard InChI is InChI=1S/C15H17ClN2O2/c1-10-11(2)15(18-17-14(10)16)20-13-6-4-12(5-7-13)8-9-19-3/h4-7H,8-9H2,1-3H3. The van der Waals surface area contributed by atoms with Gasteiger partial charge in [0.2, 0.25) is 5.88 Å². The van der Waals surface area contributed by atoms with E-state index < -0.39 is 0 Å². The van der Waals surface area contributed by atoms with E-state index >= 15 is 0 Å². The van der Waals surface area contributed by atoms with Crippen molar-refractivity contribution in [1.29, 1.82) is 0 Å². The minimum atomic E-state index is 0.407. The fourth-order valence-electron chi connectivity index (χ4n) is 1.71. The van der Waals surface area contributed by atoms with Crippen LogP contribution >= 0.6 is 11.6 Å². The number of rotatable bonds is 5. The summed E-state index contributed by atoms with van der Waals surface area (Å²) in [7, 11) is 1.70. The van der Waals surface area contributed by atoms with E-state index in [0.29, 0.717) is 17.6 Å². The summed E-state index contributed by atoms with van der Waals surface area (Å²) in [6.07, 6.45) is 0.885. The molecule has 0 saturated carbocycles. The first kappa shape index (κ1) is 14.8. The average Bonchev–Trinajstić information content (AvgIpc) is 2.47. The highest BCUT2D eigenvalue weighted by Gasteiger charge is 2.10. The van der Waals surface area contributed by atoms with Crippen molar-refractivity contribution in [3.05, 3.63) is 46.1 Å². The third-order valence-electron chi connectivity index (χ3n) is 3.15. The zero-order chi connectivity index (χ0) is 14.5. The van der Waals surface area contributed by atoms with Crippen LogP contribution in [0.4, 0.5) is 0 Å². The summed E-state index contributed by atoms with van der Waals surface area (Å²) in [5.74, 6) is 1.21. The van der Waals surface area contributed by atoms with E-state index in [0.717, 1.165) is 23.3 Å². The maximum Gasteiger partial charge on any atom is 0.242 e. The highest BCUT2D eigenvalue weighted by atomic mass is 35.5. The number of nitrogens with zero attached hydrogens (tertiary/aromatic N) is 2. The number of halogens is 1. The summed E-state index contributed by atoms with van der Waals surface area (Å²) < 4.78 is 10.8. The molecule has 0 aliphatic heterocycles. The fraction of sp³-hybridized carbons (Fsp3) is 0.333. The first-order valence-electron chi connectivity index (χ1n) is 6.37. The van der Waals surface area contributed by atoms with Crippen LogP contribution in [0.2, 0.25) is 5.15 Å². The van der Waals surface area contributed by atoms with Crippen molar-refractivity contribution in [2.24, 2.45) is 0 Å². The maximum absolute atomic E-state index is 5.92. The minimum Gasteiger partial charge on any atom is -0.437 e. The third-order valence-corrected chi connectivity index (χ3v) is 3.51. The molecule has 0 amide bonds. The van der Waals surface area contributed by atoms with E-state index in [-0.39, 0.29) is 0 Å². The van der Waals surface area contributed by atoms with Crippen molar-refractivity contribution in [1.82, 2.24) is 10.2 Å². The summed E-state index contributed by atoms with van der Waals surface area (Å²) in [5.41, 5.74) is 2.98. The molecule has 0 spiro atoms. The van der Waals surface area contributed by atoms with Crippen LogP contribution in [0.3, 0.4) is 0 Å². The Balaban J connectivity index is 2.12. The zero-order valence-corrected chi connectivity index (χ0v) is 12.6. The van der Waals surface area contributed by atoms with Gasteiger partial charge in [0.1, 0.15) is 5.75 Å². The van der Waals surface area contributed by atoms with E-state index in [1.165, 1.54) is 5.56 Å². The van der Waals surface area contributed by atoms with Gasteiger partial charge in [0.05, 0.1) is 6.61 Å². The number of hydrogen-bond acceptors (Lipinski definition) is 4. The maximum atomic E-state index is 5.92. The SMILES string of the molecule is COCCc1ccc(Oc2nnc(Cl)c(C)c2C)cc1. The lowest BCUT2D eigenvalue weighted by atomic mass is 10.1. The van der Waals surface area contributed by atoms with Crippen molar-refractivity contribution in [3.63, 3.8) is 0 Å². The van der Waals surface area contributed by atoms with Crippen molar-refractivity contribution >= 4 is 11.6 Å². The highest BCUT2D eigenvalue weighted by molar-refractivity contribution is 6.30. The summed E-state index contributed by atoms with van der Waals surface area (Å²) >= 11 is 5.92. The van der Waals surface area contributed by atoms with Crippen LogP contribution in [-0.2, 0) is 11.2 Å². The molecule has 1 aromatic carbocycles. The van der Waals surface area contributed by atoms with Crippen molar-refractivity contribution in [2.75, 3.05) is 13.7 Å². The summed E-state index contributed by atoms with van der Waals surface area (Å²) in [4.78, 5) is 0. The molecule has 1 heterocycles. The lowest BCUT2D eigenvalue weighted by molar-refractivity contribution is 0.202. The molecule has 4 nitrogen and oxygen atoms in total. The number of ether oxygens (including phenoxy) is 2. The van der Waals surface area contributed by atoms with Crippen molar-refractivity contribution < 1.29 is 9.47 Å². The van der Waals surface area contributed by atoms with Gasteiger partial charge in [0, 0.05) is 12.7 Å². The summed E-state index contributed by atoms with van der Waals surface area (Å²) in [6.45, 7) is 4.52. The molecule has 0 fully saturated rings. The van der Waals surface area contributed by atoms with Crippen molar-refractivity contribution in [3.8, 4) is 11.6 Å². The molecule has 0 atom stereocenters. The molecule has 1 aromatic heterocycles. The lowest BCUT2D eigenvalue weighted by Crippen LogP contribution is -1.98. The van der Waals surface area contributed by atoms with Gasteiger partial charge in [-0.15, -0.1) is 10.2 Å². The van der Waals surface area contributed by atoms with E-state index in [1.807, 2.05) is 38.1 Å². The largest absolute Gasteiger partial charge is 0.437 e. The molecule has 0 bridgehead atoms. The lowest BCUT2D eigenvalue weighted by Gasteiger charge is -2.09. The minimum absolute atomic E-state index is 0.407. The second kappa shape index (κ2) is 6.68.